The first-order valence-corrected chi connectivity index (χ1v) is 6.30. The molecule has 1 saturated carbocycles. The number of non-ortho nitro benzene ring substituents is 1. The topological polar surface area (TPSA) is 75.4 Å². The average molecular weight is 250 g/mol. The van der Waals surface area contributed by atoms with Gasteiger partial charge in [0.15, 0.2) is 0 Å². The predicted octanol–water partition coefficient (Wildman–Crippen LogP) is 2.02. The van der Waals surface area contributed by atoms with E-state index in [1.165, 1.54) is 31.4 Å². The SMILES string of the molecule is O=[N+]([O-])c1ccc(C(O)CNCCC2CC2)cc1. The predicted molar refractivity (Wildman–Crippen MR) is 68.3 cm³/mol. The van der Waals surface area contributed by atoms with E-state index in [1.54, 1.807) is 12.1 Å². The number of nitro groups is 1. The van der Waals surface area contributed by atoms with E-state index in [0.29, 0.717) is 12.1 Å². The maximum atomic E-state index is 10.5. The summed E-state index contributed by atoms with van der Waals surface area (Å²) < 4.78 is 0. The molecule has 1 atom stereocenters. The maximum absolute atomic E-state index is 10.5. The van der Waals surface area contributed by atoms with Crippen molar-refractivity contribution in [2.75, 3.05) is 13.1 Å². The Labute approximate surface area is 106 Å². The van der Waals surface area contributed by atoms with Crippen LogP contribution < -0.4 is 5.32 Å². The molecule has 0 heterocycles. The minimum absolute atomic E-state index is 0.0487. The molecule has 98 valence electrons. The van der Waals surface area contributed by atoms with Gasteiger partial charge in [-0.3, -0.25) is 10.1 Å². The fourth-order valence-corrected chi connectivity index (χ4v) is 1.89. The molecule has 1 unspecified atom stereocenters. The Bertz CT molecular complexity index is 401. The second-order valence-electron chi connectivity index (χ2n) is 4.80. The molecule has 0 aromatic heterocycles. The number of nitrogens with one attached hydrogen (secondary N) is 1. The van der Waals surface area contributed by atoms with Crippen LogP contribution in [0.25, 0.3) is 0 Å². The smallest absolute Gasteiger partial charge is 0.269 e. The Morgan fingerprint density at radius 2 is 2.06 bits per heavy atom. The van der Waals surface area contributed by atoms with Gasteiger partial charge in [-0.1, -0.05) is 12.8 Å². The highest BCUT2D eigenvalue weighted by Gasteiger charge is 2.20. The third-order valence-corrected chi connectivity index (χ3v) is 3.25. The zero-order valence-electron chi connectivity index (χ0n) is 10.2. The van der Waals surface area contributed by atoms with E-state index in [1.807, 2.05) is 0 Å². The molecule has 1 aromatic carbocycles. The fraction of sp³-hybridized carbons (Fsp3) is 0.538. The average Bonchev–Trinajstić information content (AvgIpc) is 3.18. The van der Waals surface area contributed by atoms with Gasteiger partial charge < -0.3 is 10.4 Å². The number of nitro benzene ring substituents is 1. The lowest BCUT2D eigenvalue weighted by Crippen LogP contribution is -2.22. The van der Waals surface area contributed by atoms with Crippen LogP contribution in [0.4, 0.5) is 5.69 Å². The van der Waals surface area contributed by atoms with Crippen molar-refractivity contribution in [3.63, 3.8) is 0 Å². The first kappa shape index (κ1) is 13.0. The molecule has 1 aliphatic rings. The lowest BCUT2D eigenvalue weighted by atomic mass is 10.1. The van der Waals surface area contributed by atoms with Gasteiger partial charge in [-0.15, -0.1) is 0 Å². The molecule has 1 aliphatic carbocycles. The molecule has 1 aromatic rings. The molecule has 0 aliphatic heterocycles. The van der Waals surface area contributed by atoms with E-state index in [0.717, 1.165) is 12.5 Å². The van der Waals surface area contributed by atoms with Crippen molar-refractivity contribution in [2.45, 2.75) is 25.4 Å². The van der Waals surface area contributed by atoms with Crippen molar-refractivity contribution in [1.29, 1.82) is 0 Å². The minimum Gasteiger partial charge on any atom is -0.387 e. The zero-order valence-corrected chi connectivity index (χ0v) is 10.2. The van der Waals surface area contributed by atoms with Crippen molar-refractivity contribution in [1.82, 2.24) is 5.32 Å². The summed E-state index contributed by atoms with van der Waals surface area (Å²) in [6.45, 7) is 1.42. The van der Waals surface area contributed by atoms with E-state index in [-0.39, 0.29) is 5.69 Å². The van der Waals surface area contributed by atoms with Crippen molar-refractivity contribution >= 4 is 5.69 Å². The molecule has 0 radical (unpaired) electrons. The quantitative estimate of drug-likeness (QED) is 0.441. The van der Waals surface area contributed by atoms with Crippen LogP contribution in [0, 0.1) is 16.0 Å². The third-order valence-electron chi connectivity index (χ3n) is 3.25. The van der Waals surface area contributed by atoms with Gasteiger partial charge in [0.05, 0.1) is 11.0 Å². The molecule has 0 bridgehead atoms. The van der Waals surface area contributed by atoms with Crippen molar-refractivity contribution in [3.8, 4) is 0 Å². The van der Waals surface area contributed by atoms with Gasteiger partial charge in [-0.2, -0.15) is 0 Å². The molecular formula is C13H18N2O3. The summed E-state index contributed by atoms with van der Waals surface area (Å²) in [4.78, 5) is 10.1. The van der Waals surface area contributed by atoms with E-state index < -0.39 is 11.0 Å². The summed E-state index contributed by atoms with van der Waals surface area (Å²) >= 11 is 0. The van der Waals surface area contributed by atoms with Crippen LogP contribution in [-0.4, -0.2) is 23.1 Å². The van der Waals surface area contributed by atoms with Crippen LogP contribution in [0.1, 0.15) is 30.9 Å². The zero-order chi connectivity index (χ0) is 13.0. The first-order chi connectivity index (χ1) is 8.66. The third kappa shape index (κ3) is 3.78. The van der Waals surface area contributed by atoms with Gasteiger partial charge in [-0.25, -0.2) is 0 Å². The Hall–Kier alpha value is -1.46. The van der Waals surface area contributed by atoms with Crippen LogP contribution in [0.3, 0.4) is 0 Å². The van der Waals surface area contributed by atoms with Crippen LogP contribution in [0.15, 0.2) is 24.3 Å². The molecule has 1 fully saturated rings. The summed E-state index contributed by atoms with van der Waals surface area (Å²) in [7, 11) is 0. The number of rotatable bonds is 7. The Balaban J connectivity index is 1.76. The summed E-state index contributed by atoms with van der Waals surface area (Å²) in [6.07, 6.45) is 3.25. The van der Waals surface area contributed by atoms with Crippen LogP contribution in [0.2, 0.25) is 0 Å². The number of hydrogen-bond donors (Lipinski definition) is 2. The molecule has 0 spiro atoms. The number of aliphatic hydroxyl groups is 1. The van der Waals surface area contributed by atoms with Crippen molar-refractivity contribution < 1.29 is 10.0 Å². The summed E-state index contributed by atoms with van der Waals surface area (Å²) in [5, 5.41) is 23.6. The molecule has 18 heavy (non-hydrogen) atoms. The van der Waals surface area contributed by atoms with Crippen LogP contribution >= 0.6 is 0 Å². The van der Waals surface area contributed by atoms with E-state index >= 15 is 0 Å². The maximum Gasteiger partial charge on any atom is 0.269 e. The van der Waals surface area contributed by atoms with Crippen LogP contribution in [-0.2, 0) is 0 Å². The lowest BCUT2D eigenvalue weighted by molar-refractivity contribution is -0.384. The highest BCUT2D eigenvalue weighted by atomic mass is 16.6. The van der Waals surface area contributed by atoms with E-state index in [4.69, 9.17) is 0 Å². The minimum atomic E-state index is -0.606. The monoisotopic (exact) mass is 250 g/mol. The first-order valence-electron chi connectivity index (χ1n) is 6.30. The Morgan fingerprint density at radius 3 is 2.61 bits per heavy atom. The molecular weight excluding hydrogens is 232 g/mol. The van der Waals surface area contributed by atoms with Gasteiger partial charge in [-0.05, 0) is 36.6 Å². The molecule has 2 N–H and O–H groups in total. The Kier molecular flexibility index (Phi) is 4.28. The van der Waals surface area contributed by atoms with Gasteiger partial charge in [0.2, 0.25) is 0 Å². The van der Waals surface area contributed by atoms with Gasteiger partial charge >= 0.3 is 0 Å². The molecule has 0 amide bonds. The number of aliphatic hydroxyl groups excluding tert-OH is 1. The molecule has 2 rings (SSSR count). The largest absolute Gasteiger partial charge is 0.387 e. The second-order valence-corrected chi connectivity index (χ2v) is 4.80. The normalized spacial score (nSPS) is 16.5. The van der Waals surface area contributed by atoms with E-state index in [9.17, 15) is 15.2 Å². The molecule has 5 nitrogen and oxygen atoms in total. The fourth-order valence-electron chi connectivity index (χ4n) is 1.89. The highest BCUT2D eigenvalue weighted by molar-refractivity contribution is 5.33. The Morgan fingerprint density at radius 1 is 1.39 bits per heavy atom. The second kappa shape index (κ2) is 5.93. The van der Waals surface area contributed by atoms with Crippen LogP contribution in [0.5, 0.6) is 0 Å². The van der Waals surface area contributed by atoms with Gasteiger partial charge in [0, 0.05) is 18.7 Å². The number of nitrogens with zero attached hydrogens (tertiary/aromatic N) is 1. The standard InChI is InChI=1S/C13H18N2O3/c16-13(9-14-8-7-10-1-2-10)11-3-5-12(6-4-11)15(17)18/h3-6,10,13-14,16H,1-2,7-9H2. The molecule has 0 saturated heterocycles. The van der Waals surface area contributed by atoms with Gasteiger partial charge in [0.1, 0.15) is 0 Å². The lowest BCUT2D eigenvalue weighted by Gasteiger charge is -2.11. The number of benzene rings is 1. The summed E-state index contributed by atoms with van der Waals surface area (Å²) in [5.41, 5.74) is 0.757. The summed E-state index contributed by atoms with van der Waals surface area (Å²) in [6, 6.07) is 6.04. The highest BCUT2D eigenvalue weighted by Crippen LogP contribution is 2.31. The van der Waals surface area contributed by atoms with Crippen molar-refractivity contribution in [3.05, 3.63) is 39.9 Å². The summed E-state index contributed by atoms with van der Waals surface area (Å²) in [5.74, 6) is 0.883. The van der Waals surface area contributed by atoms with Crippen molar-refractivity contribution in [2.24, 2.45) is 5.92 Å². The number of hydrogen-bond acceptors (Lipinski definition) is 4. The van der Waals surface area contributed by atoms with E-state index in [2.05, 4.69) is 5.32 Å². The van der Waals surface area contributed by atoms with Gasteiger partial charge in [0.25, 0.3) is 5.69 Å². The molecule has 5 heteroatoms.